The van der Waals surface area contributed by atoms with Crippen LogP contribution >= 0.6 is 0 Å². The van der Waals surface area contributed by atoms with Crippen LogP contribution in [0.2, 0.25) is 0 Å². The number of methoxy groups -OCH3 is 1. The van der Waals surface area contributed by atoms with E-state index in [0.717, 1.165) is 85.7 Å². The lowest BCUT2D eigenvalue weighted by molar-refractivity contribution is -0.907. The summed E-state index contributed by atoms with van der Waals surface area (Å²) in [6, 6.07) is 18.6. The number of quaternary nitrogens is 1. The van der Waals surface area contributed by atoms with Gasteiger partial charge in [-0.3, -0.25) is 23.9 Å². The highest BCUT2D eigenvalue weighted by Gasteiger charge is 2.34. The SMILES string of the molecule is COc1ccc(F)c(-c2ccc(COc3cccc([C@@H](CC(=O)O)C4CC4)c3)cc2CC(C)(C)Cn2cc(CCCCCCCCC(=O)NCC[N+](C)(CCC(=O)NCCN)CCC(=O)NCCN)nn2)c1. The molecule has 1 atom stereocenters. The molecule has 4 aromatic rings. The van der Waals surface area contributed by atoms with Crippen molar-refractivity contribution in [3.63, 3.8) is 0 Å². The number of aryl methyl sites for hydroxylation is 1. The quantitative estimate of drug-likeness (QED) is 0.0211. The molecule has 1 aromatic heterocycles. The molecule has 5 rings (SSSR count). The van der Waals surface area contributed by atoms with Crippen LogP contribution in [0.1, 0.15) is 119 Å². The number of halogens is 1. The Morgan fingerprint density at radius 3 is 2.15 bits per heavy atom. The number of hydrogen-bond donors (Lipinski definition) is 6. The lowest BCUT2D eigenvalue weighted by Gasteiger charge is -2.34. The van der Waals surface area contributed by atoms with E-state index in [2.05, 4.69) is 46.2 Å². The van der Waals surface area contributed by atoms with Crippen LogP contribution < -0.4 is 36.9 Å². The van der Waals surface area contributed by atoms with Gasteiger partial charge in [-0.25, -0.2) is 4.39 Å². The van der Waals surface area contributed by atoms with E-state index in [1.54, 1.807) is 19.2 Å². The first-order valence-corrected chi connectivity index (χ1v) is 25.9. The molecule has 0 spiro atoms. The minimum Gasteiger partial charge on any atom is -0.497 e. The summed E-state index contributed by atoms with van der Waals surface area (Å²) in [5.41, 5.74) is 15.8. The molecule has 72 heavy (non-hydrogen) atoms. The molecule has 394 valence electrons. The Morgan fingerprint density at radius 2 is 1.49 bits per heavy atom. The Kier molecular flexibility index (Phi) is 22.9. The summed E-state index contributed by atoms with van der Waals surface area (Å²) in [5.74, 6) is 0.332. The fraction of sp³-hybridized carbons (Fsp3) is 0.564. The van der Waals surface area contributed by atoms with E-state index in [-0.39, 0.29) is 47.9 Å². The van der Waals surface area contributed by atoms with Gasteiger partial charge in [-0.1, -0.05) is 75.1 Å². The maximum atomic E-state index is 15.5. The van der Waals surface area contributed by atoms with Crippen molar-refractivity contribution < 1.29 is 42.6 Å². The van der Waals surface area contributed by atoms with Crippen molar-refractivity contribution in [2.75, 3.05) is 66.5 Å². The van der Waals surface area contributed by atoms with E-state index in [9.17, 15) is 24.3 Å². The molecule has 16 nitrogen and oxygen atoms in total. The number of carboxylic acid groups (broad SMARTS) is 1. The molecule has 0 bridgehead atoms. The van der Waals surface area contributed by atoms with E-state index < -0.39 is 5.97 Å². The van der Waals surface area contributed by atoms with Crippen LogP contribution in [0.4, 0.5) is 4.39 Å². The molecule has 0 aliphatic heterocycles. The van der Waals surface area contributed by atoms with Crippen LogP contribution in [-0.2, 0) is 45.2 Å². The molecular formula is C55H81FN9O7+. The predicted octanol–water partition coefficient (Wildman–Crippen LogP) is 6.68. The van der Waals surface area contributed by atoms with Gasteiger partial charge in [-0.15, -0.1) is 5.10 Å². The maximum Gasteiger partial charge on any atom is 0.303 e. The molecule has 1 aliphatic carbocycles. The number of carboxylic acids is 1. The van der Waals surface area contributed by atoms with Crippen molar-refractivity contribution in [1.29, 1.82) is 0 Å². The zero-order chi connectivity index (χ0) is 51.9. The number of ether oxygens (including phenoxy) is 2. The summed E-state index contributed by atoms with van der Waals surface area (Å²) < 4.78 is 29.7. The van der Waals surface area contributed by atoms with E-state index in [4.69, 9.17) is 20.9 Å². The number of benzene rings is 3. The van der Waals surface area contributed by atoms with Crippen molar-refractivity contribution >= 4 is 23.7 Å². The monoisotopic (exact) mass is 999 g/mol. The van der Waals surface area contributed by atoms with E-state index in [0.29, 0.717) is 112 Å². The summed E-state index contributed by atoms with van der Waals surface area (Å²) >= 11 is 0. The Bertz CT molecular complexity index is 2330. The number of unbranched alkanes of at least 4 members (excludes halogenated alkanes) is 5. The number of nitrogens with one attached hydrogen (secondary N) is 3. The lowest BCUT2D eigenvalue weighted by atomic mass is 9.82. The molecule has 3 aromatic carbocycles. The van der Waals surface area contributed by atoms with Gasteiger partial charge in [0.2, 0.25) is 17.7 Å². The molecule has 1 heterocycles. The minimum absolute atomic E-state index is 0.00993. The number of carbonyl (C=O) groups is 4. The molecule has 3 amide bonds. The van der Waals surface area contributed by atoms with Crippen molar-refractivity contribution in [3.8, 4) is 22.6 Å². The predicted molar refractivity (Wildman–Crippen MR) is 278 cm³/mol. The van der Waals surface area contributed by atoms with Gasteiger partial charge in [-0.2, -0.15) is 0 Å². The number of nitrogens with two attached hydrogens (primary N) is 2. The molecule has 1 saturated carbocycles. The summed E-state index contributed by atoms with van der Waals surface area (Å²) in [5, 5.41) is 27.2. The third kappa shape index (κ3) is 19.9. The van der Waals surface area contributed by atoms with Gasteiger partial charge in [0.15, 0.2) is 0 Å². The zero-order valence-corrected chi connectivity index (χ0v) is 43.2. The average Bonchev–Trinajstić information content (AvgIpc) is 4.11. The van der Waals surface area contributed by atoms with Gasteiger partial charge in [-0.05, 0) is 108 Å². The highest BCUT2D eigenvalue weighted by Crippen LogP contribution is 2.45. The fourth-order valence-corrected chi connectivity index (χ4v) is 9.30. The minimum atomic E-state index is -0.795. The number of aliphatic carboxylic acids is 1. The van der Waals surface area contributed by atoms with Gasteiger partial charge in [0.1, 0.15) is 23.9 Å². The van der Waals surface area contributed by atoms with Crippen molar-refractivity contribution in [2.24, 2.45) is 22.8 Å². The van der Waals surface area contributed by atoms with E-state index >= 15 is 4.39 Å². The first-order valence-electron chi connectivity index (χ1n) is 25.9. The van der Waals surface area contributed by atoms with Gasteiger partial charge in [0.05, 0.1) is 65.3 Å². The number of rotatable bonds is 35. The Hall–Kier alpha value is -5.91. The molecule has 1 aliphatic rings. The molecule has 17 heteroatoms. The molecule has 0 radical (unpaired) electrons. The summed E-state index contributed by atoms with van der Waals surface area (Å²) in [6.07, 6.45) is 12.6. The fourth-order valence-electron chi connectivity index (χ4n) is 9.30. The smallest absolute Gasteiger partial charge is 0.303 e. The van der Waals surface area contributed by atoms with E-state index in [1.165, 1.54) is 6.07 Å². The molecule has 8 N–H and O–H groups in total. The zero-order valence-electron chi connectivity index (χ0n) is 43.2. The summed E-state index contributed by atoms with van der Waals surface area (Å²) in [7, 11) is 3.58. The van der Waals surface area contributed by atoms with Gasteiger partial charge in [0.25, 0.3) is 0 Å². The standard InChI is InChI=1S/C55H80FN9O7/c1-55(2,36-43-32-40(16-20-47(43)49-34-45(71-4)19-21-50(49)56)38-72-46-14-11-12-42(33-46)48(35-54(69)70)41-17-18-41)39-64-37-44(62-63-64)13-9-7-5-6-8-10-15-51(66)61-28-31-65(3,29-22-52(67)59-26-24-57)30-23-53(68)60-27-25-58/h11-12,14,16,19-21,32-34,37,41,48H,5-10,13,15,17-18,22-31,35-36,38-39,57-58H2,1-4H3,(H3-,59,60,61,66,67,68,69,70)/p+1/t48-/m0/s1. The first-order chi connectivity index (χ1) is 34.6. The van der Waals surface area contributed by atoms with Crippen molar-refractivity contribution in [3.05, 3.63) is 95.1 Å². The first kappa shape index (κ1) is 57.0. The molecule has 1 fully saturated rings. The van der Waals surface area contributed by atoms with Crippen LogP contribution in [0.5, 0.6) is 11.5 Å². The Labute approximate surface area is 425 Å². The summed E-state index contributed by atoms with van der Waals surface area (Å²) in [4.78, 5) is 48.9. The maximum absolute atomic E-state index is 15.5. The highest BCUT2D eigenvalue weighted by atomic mass is 19.1. The van der Waals surface area contributed by atoms with Crippen molar-refractivity contribution in [2.45, 2.75) is 123 Å². The number of aromatic nitrogens is 3. The number of carbonyl (C=O) groups excluding carboxylic acids is 3. The summed E-state index contributed by atoms with van der Waals surface area (Å²) in [6.45, 7) is 8.96. The number of amides is 3. The second-order valence-corrected chi connectivity index (χ2v) is 20.5. The lowest BCUT2D eigenvalue weighted by Crippen LogP contribution is -2.52. The largest absolute Gasteiger partial charge is 0.497 e. The average molecular weight is 999 g/mol. The number of hydrogen-bond acceptors (Lipinski definition) is 10. The number of nitrogens with zero attached hydrogens (tertiary/aromatic N) is 4. The molecule has 0 saturated heterocycles. The van der Waals surface area contributed by atoms with Crippen molar-refractivity contribution in [1.82, 2.24) is 30.9 Å². The third-order valence-corrected chi connectivity index (χ3v) is 13.5. The number of likely N-dealkylation sites (N-methyl/N-ethyl adjacent to an activating group) is 1. The molecule has 0 unspecified atom stereocenters. The second-order valence-electron chi connectivity index (χ2n) is 20.5. The van der Waals surface area contributed by atoms with Gasteiger partial charge in [0, 0.05) is 50.9 Å². The molecular weight excluding hydrogens is 918 g/mol. The van der Waals surface area contributed by atoms with Crippen LogP contribution in [0.15, 0.2) is 66.9 Å². The van der Waals surface area contributed by atoms with Crippen LogP contribution in [0, 0.1) is 17.2 Å². The van der Waals surface area contributed by atoms with E-state index in [1.807, 2.05) is 54.3 Å². The highest BCUT2D eigenvalue weighted by molar-refractivity contribution is 5.77. The van der Waals surface area contributed by atoms with Gasteiger partial charge < -0.3 is 46.5 Å². The Morgan fingerprint density at radius 1 is 0.819 bits per heavy atom. The van der Waals surface area contributed by atoms with Gasteiger partial charge >= 0.3 is 5.97 Å². The normalized spacial score (nSPS) is 13.1. The second kappa shape index (κ2) is 29.0. The van der Waals surface area contributed by atoms with Crippen LogP contribution in [-0.4, -0.2) is 115 Å². The third-order valence-electron chi connectivity index (χ3n) is 13.5. The van der Waals surface area contributed by atoms with Crippen LogP contribution in [0.25, 0.3) is 11.1 Å². The topological polar surface area (TPSA) is 226 Å². The Balaban J connectivity index is 1.06. The van der Waals surface area contributed by atoms with Crippen LogP contribution in [0.3, 0.4) is 0 Å².